The van der Waals surface area contributed by atoms with Crippen LogP contribution in [0.5, 0.6) is 0 Å². The van der Waals surface area contributed by atoms with E-state index in [0.717, 1.165) is 13.0 Å². The summed E-state index contributed by atoms with van der Waals surface area (Å²) >= 11 is 0. The summed E-state index contributed by atoms with van der Waals surface area (Å²) in [4.78, 5) is 0. The minimum absolute atomic E-state index is 0.668. The molecule has 2 nitrogen and oxygen atoms in total. The van der Waals surface area contributed by atoms with Gasteiger partial charge in [-0.25, -0.2) is 0 Å². The van der Waals surface area contributed by atoms with Gasteiger partial charge < -0.3 is 8.85 Å². The Morgan fingerprint density at radius 3 is 2.68 bits per heavy atom. The molecule has 2 rings (SSSR count). The highest BCUT2D eigenvalue weighted by Gasteiger charge is 2.00. The zero-order chi connectivity index (χ0) is 13.3. The Bertz CT molecular complexity index is 494. The van der Waals surface area contributed by atoms with Gasteiger partial charge in [0.05, 0.1) is 6.61 Å². The molecule has 0 saturated heterocycles. The lowest BCUT2D eigenvalue weighted by molar-refractivity contribution is 0.211. The lowest BCUT2D eigenvalue weighted by atomic mass is 10.1. The van der Waals surface area contributed by atoms with Gasteiger partial charge in [0.25, 0.3) is 0 Å². The van der Waals surface area contributed by atoms with Gasteiger partial charge in [0.15, 0.2) is 0 Å². The molecule has 0 unspecified atom stereocenters. The lowest BCUT2D eigenvalue weighted by Gasteiger charge is -2.08. The van der Waals surface area contributed by atoms with E-state index in [4.69, 9.17) is 8.85 Å². The van der Waals surface area contributed by atoms with Gasteiger partial charge in [-0.05, 0) is 22.8 Å². The van der Waals surface area contributed by atoms with Crippen molar-refractivity contribution in [2.75, 3.05) is 6.61 Å². The van der Waals surface area contributed by atoms with Gasteiger partial charge in [0.1, 0.15) is 0 Å². The van der Waals surface area contributed by atoms with E-state index in [-0.39, 0.29) is 0 Å². The van der Waals surface area contributed by atoms with Crippen LogP contribution in [0.1, 0.15) is 31.7 Å². The van der Waals surface area contributed by atoms with Crippen LogP contribution < -0.4 is 0 Å². The standard InChI is InChI=1S/C16H22O2Si/c1-2-3-6-12-17-19-18-13-15-10-7-9-14-8-4-5-11-16(14)15/h4-5,7-11H,2-3,6,12-13,19H2,1H3. The molecule has 0 aliphatic carbocycles. The smallest absolute Gasteiger partial charge is 0.304 e. The molecule has 0 saturated carbocycles. The minimum Gasteiger partial charge on any atom is -0.399 e. The monoisotopic (exact) mass is 274 g/mol. The largest absolute Gasteiger partial charge is 0.399 e. The summed E-state index contributed by atoms with van der Waals surface area (Å²) in [6.07, 6.45) is 3.64. The first kappa shape index (κ1) is 14.3. The summed E-state index contributed by atoms with van der Waals surface area (Å²) in [5.74, 6) is 0. The fourth-order valence-corrected chi connectivity index (χ4v) is 2.89. The summed E-state index contributed by atoms with van der Waals surface area (Å²) < 4.78 is 11.3. The lowest BCUT2D eigenvalue weighted by Crippen LogP contribution is -2.06. The van der Waals surface area contributed by atoms with Crippen LogP contribution in [-0.2, 0) is 15.5 Å². The van der Waals surface area contributed by atoms with Crippen LogP contribution in [0, 0.1) is 0 Å². The average Bonchev–Trinajstić information content (AvgIpc) is 2.46. The molecule has 0 aliphatic rings. The summed E-state index contributed by atoms with van der Waals surface area (Å²) in [5.41, 5.74) is 1.25. The number of unbranched alkanes of at least 4 members (excludes halogenated alkanes) is 2. The molecule has 19 heavy (non-hydrogen) atoms. The quantitative estimate of drug-likeness (QED) is 0.541. The molecule has 0 amide bonds. The SMILES string of the molecule is CCCCCO[SiH2]OCc1cccc2ccccc12. The maximum Gasteiger partial charge on any atom is 0.304 e. The summed E-state index contributed by atoms with van der Waals surface area (Å²) in [5, 5.41) is 2.55. The van der Waals surface area contributed by atoms with Crippen molar-refractivity contribution < 1.29 is 8.85 Å². The maximum atomic E-state index is 5.72. The summed E-state index contributed by atoms with van der Waals surface area (Å²) in [6.45, 7) is 3.73. The zero-order valence-corrected chi connectivity index (χ0v) is 13.0. The van der Waals surface area contributed by atoms with Crippen molar-refractivity contribution in [2.45, 2.75) is 32.8 Å². The van der Waals surface area contributed by atoms with E-state index in [0.29, 0.717) is 6.61 Å². The summed E-state index contributed by atoms with van der Waals surface area (Å²) in [6, 6.07) is 14.8. The molecule has 0 atom stereocenters. The molecule has 2 aromatic carbocycles. The highest BCUT2D eigenvalue weighted by Crippen LogP contribution is 2.18. The van der Waals surface area contributed by atoms with Crippen LogP contribution in [0.3, 0.4) is 0 Å². The second-order valence-electron chi connectivity index (χ2n) is 4.72. The highest BCUT2D eigenvalue weighted by atomic mass is 28.3. The van der Waals surface area contributed by atoms with Gasteiger partial charge in [-0.15, -0.1) is 0 Å². The van der Waals surface area contributed by atoms with Crippen molar-refractivity contribution in [3.63, 3.8) is 0 Å². The Morgan fingerprint density at radius 1 is 0.947 bits per heavy atom. The molecule has 2 aromatic rings. The second kappa shape index (κ2) is 8.10. The van der Waals surface area contributed by atoms with Crippen molar-refractivity contribution in [3.8, 4) is 0 Å². The van der Waals surface area contributed by atoms with E-state index in [1.807, 2.05) is 0 Å². The molecular formula is C16H22O2Si. The molecule has 102 valence electrons. The van der Waals surface area contributed by atoms with Gasteiger partial charge >= 0.3 is 10.0 Å². The molecule has 3 heteroatoms. The summed E-state index contributed by atoms with van der Waals surface area (Å²) in [7, 11) is -0.827. The number of hydrogen-bond donors (Lipinski definition) is 0. The first-order valence-electron chi connectivity index (χ1n) is 7.04. The third-order valence-electron chi connectivity index (χ3n) is 3.20. The van der Waals surface area contributed by atoms with Crippen molar-refractivity contribution in [1.82, 2.24) is 0 Å². The normalized spacial score (nSPS) is 11.6. The first-order chi connectivity index (χ1) is 9.42. The van der Waals surface area contributed by atoms with E-state index in [1.54, 1.807) is 0 Å². The molecule has 0 aromatic heterocycles. The topological polar surface area (TPSA) is 18.5 Å². The Labute approximate surface area is 117 Å². The molecule has 0 spiro atoms. The van der Waals surface area contributed by atoms with Crippen LogP contribution in [0.2, 0.25) is 0 Å². The first-order valence-corrected chi connectivity index (χ1v) is 8.19. The van der Waals surface area contributed by atoms with Crippen LogP contribution in [0.15, 0.2) is 42.5 Å². The van der Waals surface area contributed by atoms with Gasteiger partial charge in [0, 0.05) is 6.61 Å². The Hall–Kier alpha value is -1.16. The zero-order valence-electron chi connectivity index (χ0n) is 11.6. The number of rotatable bonds is 8. The number of benzene rings is 2. The number of hydrogen-bond acceptors (Lipinski definition) is 2. The van der Waals surface area contributed by atoms with Gasteiger partial charge in [-0.1, -0.05) is 62.2 Å². The molecule has 0 aliphatic heterocycles. The fourth-order valence-electron chi connectivity index (χ4n) is 2.14. The Balaban J connectivity index is 1.78. The number of fused-ring (bicyclic) bond motifs is 1. The van der Waals surface area contributed by atoms with Crippen molar-refractivity contribution >= 4 is 20.8 Å². The van der Waals surface area contributed by atoms with E-state index in [2.05, 4.69) is 49.4 Å². The Kier molecular flexibility index (Phi) is 6.07. The van der Waals surface area contributed by atoms with Crippen LogP contribution in [-0.4, -0.2) is 16.6 Å². The van der Waals surface area contributed by atoms with Gasteiger partial charge in [0.2, 0.25) is 0 Å². The highest BCUT2D eigenvalue weighted by molar-refractivity contribution is 6.17. The van der Waals surface area contributed by atoms with Gasteiger partial charge in [-0.3, -0.25) is 0 Å². The molecule has 0 radical (unpaired) electrons. The van der Waals surface area contributed by atoms with Crippen molar-refractivity contribution in [3.05, 3.63) is 48.0 Å². The van der Waals surface area contributed by atoms with E-state index in [1.165, 1.54) is 29.2 Å². The third kappa shape index (κ3) is 4.46. The average molecular weight is 274 g/mol. The van der Waals surface area contributed by atoms with Crippen LogP contribution in [0.25, 0.3) is 10.8 Å². The van der Waals surface area contributed by atoms with E-state index >= 15 is 0 Å². The van der Waals surface area contributed by atoms with Crippen molar-refractivity contribution in [2.24, 2.45) is 0 Å². The predicted molar refractivity (Wildman–Crippen MR) is 82.8 cm³/mol. The van der Waals surface area contributed by atoms with Crippen molar-refractivity contribution in [1.29, 1.82) is 0 Å². The van der Waals surface area contributed by atoms with Crippen LogP contribution >= 0.6 is 0 Å². The molecule has 0 bridgehead atoms. The van der Waals surface area contributed by atoms with E-state index < -0.39 is 10.0 Å². The minimum atomic E-state index is -0.827. The van der Waals surface area contributed by atoms with E-state index in [9.17, 15) is 0 Å². The van der Waals surface area contributed by atoms with Crippen LogP contribution in [0.4, 0.5) is 0 Å². The maximum absolute atomic E-state index is 5.72. The predicted octanol–water partition coefficient (Wildman–Crippen LogP) is 3.56. The molecule has 0 heterocycles. The second-order valence-corrected chi connectivity index (χ2v) is 5.77. The fraction of sp³-hybridized carbons (Fsp3) is 0.375. The molecule has 0 fully saturated rings. The van der Waals surface area contributed by atoms with Gasteiger partial charge in [-0.2, -0.15) is 0 Å². The molecule has 0 N–H and O–H groups in total. The Morgan fingerprint density at radius 2 is 1.79 bits per heavy atom. The third-order valence-corrected chi connectivity index (χ3v) is 4.02. The molecular weight excluding hydrogens is 252 g/mol.